The molecule has 2 atom stereocenters. The maximum atomic E-state index is 3.59. The lowest BCUT2D eigenvalue weighted by Crippen LogP contribution is -2.30. The summed E-state index contributed by atoms with van der Waals surface area (Å²) in [6, 6.07) is 7.21. The lowest BCUT2D eigenvalue weighted by molar-refractivity contribution is 0.424. The number of H-pyrrole nitrogens is 1. The number of rotatable bonds is 3. The molecule has 19 heavy (non-hydrogen) atoms. The van der Waals surface area contributed by atoms with Gasteiger partial charge < -0.3 is 10.3 Å². The monoisotopic (exact) mass is 320 g/mol. The molecule has 0 radical (unpaired) electrons. The third-order valence-electron chi connectivity index (χ3n) is 4.58. The molecule has 2 unspecified atom stereocenters. The van der Waals surface area contributed by atoms with Crippen molar-refractivity contribution in [3.05, 3.63) is 33.9 Å². The predicted octanol–water partition coefficient (Wildman–Crippen LogP) is 4.17. The highest BCUT2D eigenvalue weighted by molar-refractivity contribution is 9.10. The Kier molecular flexibility index (Phi) is 3.68. The zero-order valence-electron chi connectivity index (χ0n) is 11.6. The molecule has 1 saturated carbocycles. The van der Waals surface area contributed by atoms with Gasteiger partial charge in [-0.25, -0.2) is 0 Å². The molecule has 1 heterocycles. The standard InChI is InChI=1S/C16H21BrN2/c1-10-13(8-11-4-3-5-15(11)18-2)14-9-12(17)6-7-16(14)19-10/h6-7,9,11,15,18-19H,3-5,8H2,1-2H3. The minimum atomic E-state index is 0.691. The van der Waals surface area contributed by atoms with Crippen molar-refractivity contribution in [1.82, 2.24) is 10.3 Å². The van der Waals surface area contributed by atoms with Crippen LogP contribution in [0.15, 0.2) is 22.7 Å². The van der Waals surface area contributed by atoms with Crippen LogP contribution in [-0.4, -0.2) is 18.1 Å². The van der Waals surface area contributed by atoms with Crippen LogP contribution in [0, 0.1) is 12.8 Å². The molecule has 2 N–H and O–H groups in total. The number of aryl methyl sites for hydroxylation is 1. The Morgan fingerprint density at radius 2 is 2.21 bits per heavy atom. The summed E-state index contributed by atoms with van der Waals surface area (Å²) in [7, 11) is 2.10. The first-order valence-corrected chi connectivity index (χ1v) is 7.92. The molecule has 3 heteroatoms. The van der Waals surface area contributed by atoms with E-state index >= 15 is 0 Å². The summed E-state index contributed by atoms with van der Waals surface area (Å²) < 4.78 is 1.16. The normalized spacial score (nSPS) is 23.3. The van der Waals surface area contributed by atoms with E-state index in [-0.39, 0.29) is 0 Å². The Morgan fingerprint density at radius 3 is 3.00 bits per heavy atom. The number of hydrogen-bond acceptors (Lipinski definition) is 1. The summed E-state index contributed by atoms with van der Waals surface area (Å²) >= 11 is 3.59. The van der Waals surface area contributed by atoms with Gasteiger partial charge in [0.15, 0.2) is 0 Å². The average Bonchev–Trinajstić information content (AvgIpc) is 2.96. The van der Waals surface area contributed by atoms with Gasteiger partial charge in [-0.1, -0.05) is 22.4 Å². The van der Waals surface area contributed by atoms with Crippen molar-refractivity contribution in [3.63, 3.8) is 0 Å². The van der Waals surface area contributed by atoms with Gasteiger partial charge in [0.1, 0.15) is 0 Å². The molecule has 1 aliphatic rings. The molecule has 0 amide bonds. The molecule has 102 valence electrons. The van der Waals surface area contributed by atoms with E-state index < -0.39 is 0 Å². The van der Waals surface area contributed by atoms with E-state index in [0.717, 1.165) is 10.4 Å². The van der Waals surface area contributed by atoms with Gasteiger partial charge >= 0.3 is 0 Å². The Morgan fingerprint density at radius 1 is 1.37 bits per heavy atom. The lowest BCUT2D eigenvalue weighted by Gasteiger charge is -2.19. The van der Waals surface area contributed by atoms with Crippen molar-refractivity contribution >= 4 is 26.8 Å². The van der Waals surface area contributed by atoms with Crippen LogP contribution in [-0.2, 0) is 6.42 Å². The topological polar surface area (TPSA) is 27.8 Å². The number of benzene rings is 1. The Balaban J connectivity index is 1.95. The fraction of sp³-hybridized carbons (Fsp3) is 0.500. The number of aromatic nitrogens is 1. The van der Waals surface area contributed by atoms with Crippen LogP contribution in [0.2, 0.25) is 0 Å². The molecule has 0 saturated heterocycles. The highest BCUT2D eigenvalue weighted by Gasteiger charge is 2.27. The molecule has 1 fully saturated rings. The first-order valence-electron chi connectivity index (χ1n) is 7.13. The van der Waals surface area contributed by atoms with Crippen LogP contribution in [0.5, 0.6) is 0 Å². The van der Waals surface area contributed by atoms with Crippen LogP contribution in [0.1, 0.15) is 30.5 Å². The second-order valence-electron chi connectivity index (χ2n) is 5.71. The zero-order valence-corrected chi connectivity index (χ0v) is 13.2. The number of halogens is 1. The van der Waals surface area contributed by atoms with Crippen molar-refractivity contribution in [1.29, 1.82) is 0 Å². The van der Waals surface area contributed by atoms with E-state index in [1.54, 1.807) is 0 Å². The third kappa shape index (κ3) is 2.46. The van der Waals surface area contributed by atoms with Gasteiger partial charge in [-0.15, -0.1) is 0 Å². The Labute approximate surface area is 123 Å². The van der Waals surface area contributed by atoms with Gasteiger partial charge in [-0.2, -0.15) is 0 Å². The summed E-state index contributed by atoms with van der Waals surface area (Å²) in [6.45, 7) is 2.20. The first kappa shape index (κ1) is 13.2. The molecule has 3 rings (SSSR count). The van der Waals surface area contributed by atoms with Gasteiger partial charge in [0.2, 0.25) is 0 Å². The molecule has 1 aromatic carbocycles. The minimum absolute atomic E-state index is 0.691. The van der Waals surface area contributed by atoms with Crippen LogP contribution in [0.25, 0.3) is 10.9 Å². The smallest absolute Gasteiger partial charge is 0.0459 e. The van der Waals surface area contributed by atoms with E-state index in [0.29, 0.717) is 6.04 Å². The van der Waals surface area contributed by atoms with Gasteiger partial charge in [-0.05, 0) is 62.9 Å². The summed E-state index contributed by atoms with van der Waals surface area (Å²) in [5.74, 6) is 0.779. The average molecular weight is 321 g/mol. The van der Waals surface area contributed by atoms with Crippen molar-refractivity contribution in [2.75, 3.05) is 7.05 Å². The maximum absolute atomic E-state index is 3.59. The summed E-state index contributed by atoms with van der Waals surface area (Å²) in [4.78, 5) is 3.52. The molecule has 2 nitrogen and oxygen atoms in total. The number of nitrogens with one attached hydrogen (secondary N) is 2. The first-order chi connectivity index (χ1) is 9.19. The van der Waals surface area contributed by atoms with Crippen molar-refractivity contribution in [2.45, 2.75) is 38.6 Å². The molecule has 0 bridgehead atoms. The van der Waals surface area contributed by atoms with Crippen LogP contribution >= 0.6 is 15.9 Å². The van der Waals surface area contributed by atoms with Crippen LogP contribution in [0.4, 0.5) is 0 Å². The molecule has 1 aliphatic carbocycles. The fourth-order valence-corrected chi connectivity index (χ4v) is 3.90. The Hall–Kier alpha value is -0.800. The van der Waals surface area contributed by atoms with Gasteiger partial charge in [0.25, 0.3) is 0 Å². The Bertz CT molecular complexity index is 588. The second kappa shape index (κ2) is 5.29. The summed E-state index contributed by atoms with van der Waals surface area (Å²) in [5.41, 5.74) is 4.09. The van der Waals surface area contributed by atoms with E-state index in [1.807, 2.05) is 0 Å². The highest BCUT2D eigenvalue weighted by Crippen LogP contribution is 2.33. The minimum Gasteiger partial charge on any atom is -0.358 e. The fourth-order valence-electron chi connectivity index (χ4n) is 3.54. The molecular formula is C16H21BrN2. The zero-order chi connectivity index (χ0) is 13.4. The molecule has 0 spiro atoms. The maximum Gasteiger partial charge on any atom is 0.0459 e. The quantitative estimate of drug-likeness (QED) is 0.872. The van der Waals surface area contributed by atoms with Crippen molar-refractivity contribution in [3.8, 4) is 0 Å². The highest BCUT2D eigenvalue weighted by atomic mass is 79.9. The van der Waals surface area contributed by atoms with Gasteiger partial charge in [0, 0.05) is 27.1 Å². The third-order valence-corrected chi connectivity index (χ3v) is 5.07. The largest absolute Gasteiger partial charge is 0.358 e. The predicted molar refractivity (Wildman–Crippen MR) is 84.6 cm³/mol. The van der Waals surface area contributed by atoms with Crippen LogP contribution < -0.4 is 5.32 Å². The molecule has 0 aliphatic heterocycles. The van der Waals surface area contributed by atoms with Crippen molar-refractivity contribution in [2.24, 2.45) is 5.92 Å². The van der Waals surface area contributed by atoms with Crippen LogP contribution in [0.3, 0.4) is 0 Å². The van der Waals surface area contributed by atoms with Gasteiger partial charge in [-0.3, -0.25) is 0 Å². The molecular weight excluding hydrogens is 300 g/mol. The second-order valence-corrected chi connectivity index (χ2v) is 6.62. The summed E-state index contributed by atoms with van der Waals surface area (Å²) in [5, 5.41) is 4.87. The van der Waals surface area contributed by atoms with E-state index in [4.69, 9.17) is 0 Å². The number of hydrogen-bond donors (Lipinski definition) is 2. The van der Waals surface area contributed by atoms with E-state index in [2.05, 4.69) is 58.4 Å². The molecule has 1 aromatic heterocycles. The molecule has 2 aromatic rings. The van der Waals surface area contributed by atoms with E-state index in [1.165, 1.54) is 47.8 Å². The van der Waals surface area contributed by atoms with Gasteiger partial charge in [0.05, 0.1) is 0 Å². The number of fused-ring (bicyclic) bond motifs is 1. The summed E-state index contributed by atoms with van der Waals surface area (Å²) in [6.07, 6.45) is 5.23. The van der Waals surface area contributed by atoms with Crippen molar-refractivity contribution < 1.29 is 0 Å². The number of aromatic amines is 1. The SMILES string of the molecule is CNC1CCCC1Cc1c(C)[nH]c2ccc(Br)cc12. The lowest BCUT2D eigenvalue weighted by atomic mass is 9.93. The van der Waals surface area contributed by atoms with E-state index in [9.17, 15) is 0 Å².